The van der Waals surface area contributed by atoms with Gasteiger partial charge in [0.2, 0.25) is 0 Å². The van der Waals surface area contributed by atoms with Crippen molar-refractivity contribution in [3.05, 3.63) is 35.4 Å². The summed E-state index contributed by atoms with van der Waals surface area (Å²) in [6, 6.07) is 8.18. The second-order valence-corrected chi connectivity index (χ2v) is 3.76. The second-order valence-electron chi connectivity index (χ2n) is 3.76. The maximum absolute atomic E-state index is 4.17. The van der Waals surface area contributed by atoms with E-state index in [1.165, 1.54) is 11.1 Å². The molecule has 0 aliphatic carbocycles. The molecule has 2 rings (SSSR count). The molecule has 72 valence electrons. The van der Waals surface area contributed by atoms with E-state index >= 15 is 0 Å². The van der Waals surface area contributed by atoms with E-state index in [9.17, 15) is 0 Å². The van der Waals surface area contributed by atoms with Crippen LogP contribution in [0.1, 0.15) is 19.4 Å². The molecular weight excluding hydrogens is 172 g/mol. The van der Waals surface area contributed by atoms with Gasteiger partial charge in [-0.25, -0.2) is 0 Å². The highest BCUT2D eigenvalue weighted by Gasteiger charge is 2.06. The zero-order valence-electron chi connectivity index (χ0n) is 8.49. The lowest BCUT2D eigenvalue weighted by atomic mass is 10.0. The Kier molecular flexibility index (Phi) is 2.35. The predicted molar refractivity (Wildman–Crippen MR) is 61.4 cm³/mol. The molecule has 0 bridgehead atoms. The summed E-state index contributed by atoms with van der Waals surface area (Å²) in [5.74, 6) is 0.506. The summed E-state index contributed by atoms with van der Waals surface area (Å²) in [4.78, 5) is 0. The lowest BCUT2D eigenvalue weighted by Gasteiger charge is -2.04. The fourth-order valence-corrected chi connectivity index (χ4v) is 1.43. The highest BCUT2D eigenvalue weighted by Crippen LogP contribution is 2.22. The van der Waals surface area contributed by atoms with Gasteiger partial charge in [-0.05, 0) is 29.2 Å². The smallest absolute Gasteiger partial charge is 0.0634 e. The fraction of sp³-hybridized carbons (Fsp3) is 0.250. The summed E-state index contributed by atoms with van der Waals surface area (Å²) in [6.07, 6.45) is 4.08. The summed E-state index contributed by atoms with van der Waals surface area (Å²) >= 11 is 0. The number of benzene rings is 1. The number of nitrogens with one attached hydrogen (secondary N) is 1. The van der Waals surface area contributed by atoms with E-state index in [0.29, 0.717) is 5.92 Å². The van der Waals surface area contributed by atoms with Crippen molar-refractivity contribution < 1.29 is 0 Å². The highest BCUT2D eigenvalue weighted by atomic mass is 15.3. The quantitative estimate of drug-likeness (QED) is 0.716. The first kappa shape index (κ1) is 9.00. The summed E-state index contributed by atoms with van der Waals surface area (Å²) in [5, 5.41) is 4.17. The number of hydrazone groups is 1. The molecule has 0 unspecified atom stereocenters. The molecule has 1 aliphatic heterocycles. The van der Waals surface area contributed by atoms with Crippen LogP contribution < -0.4 is 5.43 Å². The maximum Gasteiger partial charge on any atom is 0.0634 e. The minimum atomic E-state index is 0.506. The lowest BCUT2D eigenvalue weighted by Crippen LogP contribution is -1.94. The Morgan fingerprint density at radius 1 is 1.21 bits per heavy atom. The molecule has 1 heterocycles. The van der Waals surface area contributed by atoms with E-state index in [2.05, 4.69) is 36.5 Å². The van der Waals surface area contributed by atoms with Crippen molar-refractivity contribution >= 4 is 18.0 Å². The van der Waals surface area contributed by atoms with Gasteiger partial charge in [0.1, 0.15) is 0 Å². The molecule has 0 radical (unpaired) electrons. The van der Waals surface area contributed by atoms with Crippen molar-refractivity contribution in [2.45, 2.75) is 13.8 Å². The Bertz CT molecular complexity index is 389. The van der Waals surface area contributed by atoms with Crippen molar-refractivity contribution in [1.82, 2.24) is 0 Å². The first-order valence-electron chi connectivity index (χ1n) is 4.87. The Morgan fingerprint density at radius 3 is 2.79 bits per heavy atom. The predicted octanol–water partition coefficient (Wildman–Crippen LogP) is 3.14. The largest absolute Gasteiger partial charge is 0.278 e. The zero-order valence-corrected chi connectivity index (χ0v) is 8.49. The van der Waals surface area contributed by atoms with Gasteiger partial charge < -0.3 is 0 Å². The van der Waals surface area contributed by atoms with E-state index in [1.807, 2.05) is 24.4 Å². The third kappa shape index (κ3) is 1.69. The highest BCUT2D eigenvalue weighted by molar-refractivity contribution is 5.90. The lowest BCUT2D eigenvalue weighted by molar-refractivity contribution is 0.812. The van der Waals surface area contributed by atoms with Gasteiger partial charge >= 0.3 is 0 Å². The van der Waals surface area contributed by atoms with Crippen LogP contribution in [0.4, 0.5) is 5.69 Å². The van der Waals surface area contributed by atoms with Crippen molar-refractivity contribution in [2.75, 3.05) is 5.43 Å². The molecule has 0 saturated heterocycles. The van der Waals surface area contributed by atoms with Gasteiger partial charge in [0.05, 0.1) is 11.9 Å². The number of hydrogen-bond donors (Lipinski definition) is 1. The molecule has 0 saturated carbocycles. The standard InChI is InChI=1S/C12H14N2/c1-9(2)11-7-10-5-3-4-6-12(10)14-13-8-11/h3-9,14H,1-2H3. The molecule has 1 aliphatic rings. The first-order valence-corrected chi connectivity index (χ1v) is 4.87. The molecule has 0 aromatic heterocycles. The van der Waals surface area contributed by atoms with E-state index < -0.39 is 0 Å². The Morgan fingerprint density at radius 2 is 2.00 bits per heavy atom. The van der Waals surface area contributed by atoms with E-state index in [0.717, 1.165) is 5.69 Å². The van der Waals surface area contributed by atoms with Crippen LogP contribution in [0.15, 0.2) is 34.9 Å². The van der Waals surface area contributed by atoms with Crippen LogP contribution in [-0.4, -0.2) is 6.21 Å². The SMILES string of the molecule is CC(C)C1=Cc2ccccc2NN=C1. The third-order valence-corrected chi connectivity index (χ3v) is 2.35. The van der Waals surface area contributed by atoms with Crippen LogP contribution in [0.25, 0.3) is 6.08 Å². The van der Waals surface area contributed by atoms with Crippen LogP contribution in [0.5, 0.6) is 0 Å². The summed E-state index contributed by atoms with van der Waals surface area (Å²) in [6.45, 7) is 4.34. The number of hydrogen-bond acceptors (Lipinski definition) is 2. The van der Waals surface area contributed by atoms with Gasteiger partial charge in [-0.15, -0.1) is 0 Å². The van der Waals surface area contributed by atoms with E-state index in [1.54, 1.807) is 0 Å². The number of rotatable bonds is 1. The van der Waals surface area contributed by atoms with Crippen LogP contribution in [0, 0.1) is 5.92 Å². The molecule has 2 heteroatoms. The Hall–Kier alpha value is -1.57. The Balaban J connectivity index is 2.46. The average molecular weight is 186 g/mol. The molecule has 0 spiro atoms. The Labute approximate surface area is 84.3 Å². The van der Waals surface area contributed by atoms with Gasteiger partial charge in [0, 0.05) is 0 Å². The summed E-state index contributed by atoms with van der Waals surface area (Å²) < 4.78 is 0. The average Bonchev–Trinajstić information content (AvgIpc) is 2.39. The number of para-hydroxylation sites is 1. The number of allylic oxidation sites excluding steroid dienone is 1. The number of fused-ring (bicyclic) bond motifs is 1. The molecule has 1 aromatic carbocycles. The minimum Gasteiger partial charge on any atom is -0.278 e. The van der Waals surface area contributed by atoms with Crippen molar-refractivity contribution in [3.63, 3.8) is 0 Å². The monoisotopic (exact) mass is 186 g/mol. The second kappa shape index (κ2) is 3.66. The number of anilines is 1. The summed E-state index contributed by atoms with van der Waals surface area (Å²) in [5.41, 5.74) is 6.55. The number of nitrogens with zero attached hydrogens (tertiary/aromatic N) is 1. The van der Waals surface area contributed by atoms with Crippen LogP contribution in [0.3, 0.4) is 0 Å². The third-order valence-electron chi connectivity index (χ3n) is 2.35. The van der Waals surface area contributed by atoms with Gasteiger partial charge in [0.15, 0.2) is 0 Å². The van der Waals surface area contributed by atoms with Gasteiger partial charge in [-0.3, -0.25) is 5.43 Å². The fourth-order valence-electron chi connectivity index (χ4n) is 1.43. The molecule has 0 fully saturated rings. The first-order chi connectivity index (χ1) is 6.77. The van der Waals surface area contributed by atoms with Gasteiger partial charge in [-0.1, -0.05) is 32.0 Å². The van der Waals surface area contributed by atoms with E-state index in [-0.39, 0.29) is 0 Å². The van der Waals surface area contributed by atoms with Crippen molar-refractivity contribution in [2.24, 2.45) is 11.0 Å². The molecule has 0 atom stereocenters. The van der Waals surface area contributed by atoms with Crippen molar-refractivity contribution in [1.29, 1.82) is 0 Å². The molecular formula is C12H14N2. The normalized spacial score (nSPS) is 14.4. The van der Waals surface area contributed by atoms with Crippen molar-refractivity contribution in [3.8, 4) is 0 Å². The molecule has 1 aromatic rings. The molecule has 1 N–H and O–H groups in total. The van der Waals surface area contributed by atoms with Gasteiger partial charge in [-0.2, -0.15) is 5.10 Å². The van der Waals surface area contributed by atoms with Crippen LogP contribution in [0.2, 0.25) is 0 Å². The van der Waals surface area contributed by atoms with Crippen LogP contribution >= 0.6 is 0 Å². The molecule has 2 nitrogen and oxygen atoms in total. The van der Waals surface area contributed by atoms with E-state index in [4.69, 9.17) is 0 Å². The molecule has 14 heavy (non-hydrogen) atoms. The zero-order chi connectivity index (χ0) is 9.97. The maximum atomic E-state index is 4.17. The van der Waals surface area contributed by atoms with Gasteiger partial charge in [0.25, 0.3) is 0 Å². The molecule has 0 amide bonds. The minimum absolute atomic E-state index is 0.506. The summed E-state index contributed by atoms with van der Waals surface area (Å²) in [7, 11) is 0. The van der Waals surface area contributed by atoms with Crippen LogP contribution in [-0.2, 0) is 0 Å². The topological polar surface area (TPSA) is 24.4 Å².